The standard InChI is InChI=1S/C59H100O5/c1-4-7-10-13-16-19-22-25-28-29-30-31-33-34-37-40-43-46-49-52-58(60)63-56-57(55-62-54-51-48-45-42-39-36-27-24-21-18-15-12-9-6-3)64-59(61)53-50-47-44-41-38-35-32-26-23-20-17-14-11-8-5-2/h8,11,16-17,19-21,24-26,28,32,38,41,47,50,57H,4-7,9-10,12-15,18,22-23,27,29-31,33-37,39-40,42-46,48-49,51-56H2,1-3H3/b11-8-,19-16-,20-17-,24-21-,28-25-,32-26-,41-38-,50-47-. The van der Waals surface area contributed by atoms with E-state index in [1.807, 2.05) is 12.2 Å². The van der Waals surface area contributed by atoms with E-state index in [0.29, 0.717) is 13.0 Å². The molecule has 1 atom stereocenters. The van der Waals surface area contributed by atoms with Crippen molar-refractivity contribution in [1.82, 2.24) is 0 Å². The lowest BCUT2D eigenvalue weighted by Crippen LogP contribution is -2.29. The van der Waals surface area contributed by atoms with E-state index in [1.54, 1.807) is 0 Å². The average molecular weight is 889 g/mol. The smallest absolute Gasteiger partial charge is 0.310 e. The Balaban J connectivity index is 4.38. The first-order chi connectivity index (χ1) is 31.6. The van der Waals surface area contributed by atoms with Gasteiger partial charge in [-0.3, -0.25) is 9.59 Å². The zero-order chi connectivity index (χ0) is 46.3. The van der Waals surface area contributed by atoms with Crippen LogP contribution in [0.3, 0.4) is 0 Å². The molecule has 0 aromatic rings. The number of hydrogen-bond donors (Lipinski definition) is 0. The molecule has 0 aliphatic rings. The molecule has 5 nitrogen and oxygen atoms in total. The summed E-state index contributed by atoms with van der Waals surface area (Å²) < 4.78 is 17.3. The van der Waals surface area contributed by atoms with Crippen LogP contribution in [0.25, 0.3) is 0 Å². The lowest BCUT2D eigenvalue weighted by atomic mass is 10.1. The molecule has 64 heavy (non-hydrogen) atoms. The van der Waals surface area contributed by atoms with Crippen LogP contribution in [-0.2, 0) is 23.8 Å². The van der Waals surface area contributed by atoms with Gasteiger partial charge >= 0.3 is 11.9 Å². The van der Waals surface area contributed by atoms with Crippen molar-refractivity contribution in [3.8, 4) is 0 Å². The monoisotopic (exact) mass is 889 g/mol. The van der Waals surface area contributed by atoms with Crippen LogP contribution in [0.5, 0.6) is 0 Å². The molecular weight excluding hydrogens is 789 g/mol. The third-order valence-electron chi connectivity index (χ3n) is 11.1. The molecule has 0 saturated heterocycles. The van der Waals surface area contributed by atoms with Crippen LogP contribution in [0.15, 0.2) is 97.2 Å². The van der Waals surface area contributed by atoms with Crippen LogP contribution < -0.4 is 0 Å². The van der Waals surface area contributed by atoms with E-state index in [1.165, 1.54) is 135 Å². The zero-order valence-electron chi connectivity index (χ0n) is 42.0. The molecule has 0 rings (SSSR count). The topological polar surface area (TPSA) is 61.8 Å². The third-order valence-corrected chi connectivity index (χ3v) is 11.1. The molecule has 0 aliphatic carbocycles. The van der Waals surface area contributed by atoms with Crippen molar-refractivity contribution >= 4 is 11.9 Å². The van der Waals surface area contributed by atoms with Crippen molar-refractivity contribution < 1.29 is 23.8 Å². The van der Waals surface area contributed by atoms with E-state index < -0.39 is 6.10 Å². The molecule has 0 bridgehead atoms. The summed E-state index contributed by atoms with van der Waals surface area (Å²) in [4.78, 5) is 25.4. The van der Waals surface area contributed by atoms with Gasteiger partial charge in [-0.2, -0.15) is 0 Å². The maximum absolute atomic E-state index is 12.7. The zero-order valence-corrected chi connectivity index (χ0v) is 42.0. The van der Waals surface area contributed by atoms with Gasteiger partial charge in [-0.15, -0.1) is 0 Å². The molecule has 366 valence electrons. The summed E-state index contributed by atoms with van der Waals surface area (Å²) in [6, 6.07) is 0. The molecule has 0 aromatic carbocycles. The molecule has 0 N–H and O–H groups in total. The molecule has 0 aliphatic heterocycles. The largest absolute Gasteiger partial charge is 0.462 e. The van der Waals surface area contributed by atoms with Crippen molar-refractivity contribution in [3.05, 3.63) is 97.2 Å². The Kier molecular flexibility index (Phi) is 51.5. The Morgan fingerprint density at radius 1 is 0.375 bits per heavy atom. The predicted molar refractivity (Wildman–Crippen MR) is 279 cm³/mol. The lowest BCUT2D eigenvalue weighted by molar-refractivity contribution is -0.162. The molecule has 0 fully saturated rings. The molecule has 5 heteroatoms. The van der Waals surface area contributed by atoms with Crippen LogP contribution in [0.4, 0.5) is 0 Å². The van der Waals surface area contributed by atoms with E-state index in [-0.39, 0.29) is 31.6 Å². The Labute approximate surface area is 396 Å². The molecule has 0 radical (unpaired) electrons. The van der Waals surface area contributed by atoms with Gasteiger partial charge in [-0.25, -0.2) is 0 Å². The molecular formula is C59H100O5. The minimum atomic E-state index is -0.600. The first kappa shape index (κ1) is 60.8. The number of carbonyl (C=O) groups excluding carboxylic acids is 2. The van der Waals surface area contributed by atoms with Gasteiger partial charge in [0.1, 0.15) is 6.61 Å². The van der Waals surface area contributed by atoms with Crippen molar-refractivity contribution in [3.63, 3.8) is 0 Å². The molecule has 0 amide bonds. The highest BCUT2D eigenvalue weighted by Gasteiger charge is 2.17. The Hall–Kier alpha value is -3.18. The van der Waals surface area contributed by atoms with E-state index in [9.17, 15) is 9.59 Å². The molecule has 0 aromatic heterocycles. The highest BCUT2D eigenvalue weighted by Crippen LogP contribution is 2.13. The number of esters is 2. The highest BCUT2D eigenvalue weighted by atomic mass is 16.6. The molecule has 0 saturated carbocycles. The number of rotatable bonds is 48. The van der Waals surface area contributed by atoms with Crippen LogP contribution in [0, 0.1) is 0 Å². The second kappa shape index (κ2) is 54.2. The quantitative estimate of drug-likeness (QED) is 0.0346. The number of hydrogen-bond acceptors (Lipinski definition) is 5. The lowest BCUT2D eigenvalue weighted by Gasteiger charge is -2.18. The number of unbranched alkanes of at least 4 members (excludes halogenated alkanes) is 22. The second-order valence-electron chi connectivity index (χ2n) is 17.4. The van der Waals surface area contributed by atoms with Crippen molar-refractivity contribution in [2.75, 3.05) is 19.8 Å². The minimum absolute atomic E-state index is 0.0371. The summed E-state index contributed by atoms with van der Waals surface area (Å²) in [5.74, 6) is -0.552. The van der Waals surface area contributed by atoms with Crippen LogP contribution in [0.1, 0.15) is 239 Å². The predicted octanol–water partition coefficient (Wildman–Crippen LogP) is 18.2. The Bertz CT molecular complexity index is 1230. The van der Waals surface area contributed by atoms with E-state index in [4.69, 9.17) is 14.2 Å². The van der Waals surface area contributed by atoms with Gasteiger partial charge in [0.25, 0.3) is 0 Å². The maximum atomic E-state index is 12.7. The van der Waals surface area contributed by atoms with E-state index in [0.717, 1.165) is 70.6 Å². The number of ether oxygens (including phenoxy) is 3. The van der Waals surface area contributed by atoms with Crippen LogP contribution in [-0.4, -0.2) is 37.9 Å². The van der Waals surface area contributed by atoms with Gasteiger partial charge in [0, 0.05) is 13.0 Å². The molecule has 0 spiro atoms. The van der Waals surface area contributed by atoms with Crippen molar-refractivity contribution in [2.24, 2.45) is 0 Å². The first-order valence-corrected chi connectivity index (χ1v) is 26.8. The number of carbonyl (C=O) groups is 2. The SMILES string of the molecule is CC/C=C\C/C=C\C/C=C\C/C=C\C/C=C\CC(=O)OC(COCCCCCCCC/C=C\CCCCCC)COC(=O)CCCCCCCCCCC/C=C\C/C=C\CCCCC. The van der Waals surface area contributed by atoms with Gasteiger partial charge in [0.05, 0.1) is 13.0 Å². The summed E-state index contributed by atoms with van der Waals surface area (Å²) in [5.41, 5.74) is 0. The number of allylic oxidation sites excluding steroid dienone is 15. The Morgan fingerprint density at radius 3 is 1.25 bits per heavy atom. The van der Waals surface area contributed by atoms with E-state index in [2.05, 4.69) is 106 Å². The average Bonchev–Trinajstić information content (AvgIpc) is 3.30. The van der Waals surface area contributed by atoms with Gasteiger partial charge < -0.3 is 14.2 Å². The van der Waals surface area contributed by atoms with Crippen LogP contribution >= 0.6 is 0 Å². The fraction of sp³-hybridized carbons (Fsp3) is 0.695. The van der Waals surface area contributed by atoms with Gasteiger partial charge in [-0.05, 0) is 103 Å². The van der Waals surface area contributed by atoms with Gasteiger partial charge in [0.2, 0.25) is 0 Å². The fourth-order valence-electron chi connectivity index (χ4n) is 7.14. The van der Waals surface area contributed by atoms with Crippen molar-refractivity contribution in [2.45, 2.75) is 245 Å². The fourth-order valence-corrected chi connectivity index (χ4v) is 7.14. The molecule has 1 unspecified atom stereocenters. The van der Waals surface area contributed by atoms with Gasteiger partial charge in [0.15, 0.2) is 6.10 Å². The second-order valence-corrected chi connectivity index (χ2v) is 17.4. The summed E-state index contributed by atoms with van der Waals surface area (Å²) in [6.07, 6.45) is 73.0. The highest BCUT2D eigenvalue weighted by molar-refractivity contribution is 5.71. The van der Waals surface area contributed by atoms with Gasteiger partial charge in [-0.1, -0.05) is 221 Å². The van der Waals surface area contributed by atoms with Crippen LogP contribution in [0.2, 0.25) is 0 Å². The third kappa shape index (κ3) is 51.5. The first-order valence-electron chi connectivity index (χ1n) is 26.8. The summed E-state index contributed by atoms with van der Waals surface area (Å²) in [7, 11) is 0. The minimum Gasteiger partial charge on any atom is -0.462 e. The maximum Gasteiger partial charge on any atom is 0.310 e. The summed E-state index contributed by atoms with van der Waals surface area (Å²) in [6.45, 7) is 7.56. The normalized spacial score (nSPS) is 13.0. The Morgan fingerprint density at radius 2 is 0.750 bits per heavy atom. The van der Waals surface area contributed by atoms with Crippen molar-refractivity contribution in [1.29, 1.82) is 0 Å². The van der Waals surface area contributed by atoms with E-state index >= 15 is 0 Å². The summed E-state index contributed by atoms with van der Waals surface area (Å²) in [5, 5.41) is 0. The summed E-state index contributed by atoms with van der Waals surface area (Å²) >= 11 is 0. The molecule has 0 heterocycles.